The molecule has 0 aliphatic heterocycles. The van der Waals surface area contributed by atoms with Crippen LogP contribution in [0, 0.1) is 5.41 Å². The van der Waals surface area contributed by atoms with Crippen molar-refractivity contribution in [3.8, 4) is 0 Å². The van der Waals surface area contributed by atoms with Crippen LogP contribution in [0.5, 0.6) is 0 Å². The Hall–Kier alpha value is -0.120. The third-order valence-electron chi connectivity index (χ3n) is 4.97. The highest BCUT2D eigenvalue weighted by Gasteiger charge is 2.56. The summed E-state index contributed by atoms with van der Waals surface area (Å²) in [7, 11) is 0. The van der Waals surface area contributed by atoms with Crippen molar-refractivity contribution in [1.82, 2.24) is 0 Å². The van der Waals surface area contributed by atoms with Gasteiger partial charge in [-0.05, 0) is 19.8 Å². The average Bonchev–Trinajstić information content (AvgIpc) is 2.53. The number of hydrogen-bond donors (Lipinski definition) is 2. The molecule has 17 heavy (non-hydrogen) atoms. The number of hydrogen-bond acceptors (Lipinski definition) is 3. The molecule has 0 saturated heterocycles. The minimum absolute atomic E-state index is 0.0307. The molecule has 2 rings (SSSR count). The van der Waals surface area contributed by atoms with E-state index in [1.54, 1.807) is 0 Å². The summed E-state index contributed by atoms with van der Waals surface area (Å²) in [5.74, 6) is 0. The van der Waals surface area contributed by atoms with E-state index in [-0.39, 0.29) is 11.5 Å². The summed E-state index contributed by atoms with van der Waals surface area (Å²) in [6.07, 6.45) is 9.07. The standard InChI is InChI=1S/C14H27NO2/c1-2-17-12-9-14(16,10-12)13(11-15)7-5-3-4-6-8-13/h12,16H,2-11,15H2,1H3. The predicted octanol–water partition coefficient (Wildman–Crippen LogP) is 2.22. The van der Waals surface area contributed by atoms with E-state index >= 15 is 0 Å². The van der Waals surface area contributed by atoms with E-state index in [1.165, 1.54) is 25.7 Å². The Labute approximate surface area is 105 Å². The molecule has 0 aromatic heterocycles. The number of ether oxygens (including phenoxy) is 1. The Morgan fingerprint density at radius 2 is 1.76 bits per heavy atom. The molecule has 3 heteroatoms. The van der Waals surface area contributed by atoms with Gasteiger partial charge in [0, 0.05) is 31.4 Å². The summed E-state index contributed by atoms with van der Waals surface area (Å²) in [4.78, 5) is 0. The van der Waals surface area contributed by atoms with E-state index in [0.717, 1.165) is 32.3 Å². The summed E-state index contributed by atoms with van der Waals surface area (Å²) >= 11 is 0. The fourth-order valence-corrected chi connectivity index (χ4v) is 3.74. The highest BCUT2D eigenvalue weighted by molar-refractivity contribution is 5.08. The minimum atomic E-state index is -0.550. The molecule has 0 bridgehead atoms. The molecule has 0 unspecified atom stereocenters. The van der Waals surface area contributed by atoms with E-state index < -0.39 is 5.60 Å². The van der Waals surface area contributed by atoms with Crippen LogP contribution in [0.1, 0.15) is 58.3 Å². The van der Waals surface area contributed by atoms with Crippen molar-refractivity contribution in [3.05, 3.63) is 0 Å². The van der Waals surface area contributed by atoms with E-state index in [0.29, 0.717) is 6.54 Å². The van der Waals surface area contributed by atoms with Crippen LogP contribution >= 0.6 is 0 Å². The number of rotatable bonds is 4. The second kappa shape index (κ2) is 5.25. The van der Waals surface area contributed by atoms with Gasteiger partial charge in [0.25, 0.3) is 0 Å². The Bertz CT molecular complexity index is 241. The van der Waals surface area contributed by atoms with Crippen molar-refractivity contribution in [3.63, 3.8) is 0 Å². The Balaban J connectivity index is 2.02. The lowest BCUT2D eigenvalue weighted by atomic mass is 9.57. The van der Waals surface area contributed by atoms with Crippen LogP contribution in [0.25, 0.3) is 0 Å². The van der Waals surface area contributed by atoms with Gasteiger partial charge in [0.1, 0.15) is 0 Å². The lowest BCUT2D eigenvalue weighted by molar-refractivity contribution is -0.204. The molecule has 0 atom stereocenters. The van der Waals surface area contributed by atoms with Gasteiger partial charge in [-0.25, -0.2) is 0 Å². The lowest BCUT2D eigenvalue weighted by Gasteiger charge is -2.55. The summed E-state index contributed by atoms with van der Waals surface area (Å²) in [6, 6.07) is 0. The van der Waals surface area contributed by atoms with Crippen molar-refractivity contribution in [1.29, 1.82) is 0 Å². The zero-order chi connectivity index (χ0) is 12.4. The zero-order valence-corrected chi connectivity index (χ0v) is 11.1. The highest BCUT2D eigenvalue weighted by atomic mass is 16.5. The zero-order valence-electron chi connectivity index (χ0n) is 11.1. The summed E-state index contributed by atoms with van der Waals surface area (Å²) in [5.41, 5.74) is 5.44. The molecule has 0 radical (unpaired) electrons. The van der Waals surface area contributed by atoms with Gasteiger partial charge in [0.2, 0.25) is 0 Å². The van der Waals surface area contributed by atoms with Gasteiger partial charge >= 0.3 is 0 Å². The topological polar surface area (TPSA) is 55.5 Å². The highest BCUT2D eigenvalue weighted by Crippen LogP contribution is 2.53. The molecule has 100 valence electrons. The Morgan fingerprint density at radius 1 is 1.18 bits per heavy atom. The van der Waals surface area contributed by atoms with E-state index in [9.17, 15) is 5.11 Å². The maximum absolute atomic E-state index is 10.8. The molecule has 2 aliphatic carbocycles. The molecule has 0 amide bonds. The fourth-order valence-electron chi connectivity index (χ4n) is 3.74. The summed E-state index contributed by atoms with van der Waals surface area (Å²) in [6.45, 7) is 3.39. The molecule has 0 heterocycles. The van der Waals surface area contributed by atoms with Crippen molar-refractivity contribution in [2.24, 2.45) is 11.1 Å². The van der Waals surface area contributed by atoms with Crippen LogP contribution in [0.15, 0.2) is 0 Å². The van der Waals surface area contributed by atoms with Crippen LogP contribution < -0.4 is 5.73 Å². The van der Waals surface area contributed by atoms with Crippen molar-refractivity contribution >= 4 is 0 Å². The van der Waals surface area contributed by atoms with Gasteiger partial charge in [-0.2, -0.15) is 0 Å². The fraction of sp³-hybridized carbons (Fsp3) is 1.00. The molecule has 0 aromatic carbocycles. The molecule has 2 fully saturated rings. The molecular formula is C14H27NO2. The van der Waals surface area contributed by atoms with Gasteiger partial charge < -0.3 is 15.6 Å². The SMILES string of the molecule is CCOC1CC(O)(C2(CN)CCCCCC2)C1. The summed E-state index contributed by atoms with van der Waals surface area (Å²) < 4.78 is 5.58. The van der Waals surface area contributed by atoms with Gasteiger partial charge in [-0.1, -0.05) is 25.7 Å². The van der Waals surface area contributed by atoms with Crippen molar-refractivity contribution in [2.75, 3.05) is 13.2 Å². The largest absolute Gasteiger partial charge is 0.389 e. The maximum atomic E-state index is 10.8. The molecule has 2 saturated carbocycles. The van der Waals surface area contributed by atoms with Crippen molar-refractivity contribution < 1.29 is 9.84 Å². The van der Waals surface area contributed by atoms with Crippen LogP contribution in [0.2, 0.25) is 0 Å². The molecular weight excluding hydrogens is 214 g/mol. The monoisotopic (exact) mass is 241 g/mol. The first-order valence-electron chi connectivity index (χ1n) is 7.20. The number of nitrogens with two attached hydrogens (primary N) is 1. The van der Waals surface area contributed by atoms with E-state index in [4.69, 9.17) is 10.5 Å². The maximum Gasteiger partial charge on any atom is 0.0765 e. The first-order chi connectivity index (χ1) is 8.16. The normalized spacial score (nSPS) is 37.2. The molecule has 3 N–H and O–H groups in total. The smallest absolute Gasteiger partial charge is 0.0765 e. The van der Waals surface area contributed by atoms with Crippen LogP contribution in [-0.4, -0.2) is 30.0 Å². The Kier molecular flexibility index (Phi) is 4.11. The third kappa shape index (κ3) is 2.38. The summed E-state index contributed by atoms with van der Waals surface area (Å²) in [5, 5.41) is 10.8. The van der Waals surface area contributed by atoms with Crippen LogP contribution in [0.3, 0.4) is 0 Å². The molecule has 0 aromatic rings. The average molecular weight is 241 g/mol. The van der Waals surface area contributed by atoms with E-state index in [2.05, 4.69) is 0 Å². The molecule has 2 aliphatic rings. The van der Waals surface area contributed by atoms with Gasteiger partial charge in [-0.3, -0.25) is 0 Å². The van der Waals surface area contributed by atoms with Crippen LogP contribution in [-0.2, 0) is 4.74 Å². The minimum Gasteiger partial charge on any atom is -0.389 e. The molecule has 0 spiro atoms. The third-order valence-corrected chi connectivity index (χ3v) is 4.97. The lowest BCUT2D eigenvalue weighted by Crippen LogP contribution is -2.62. The van der Waals surface area contributed by atoms with Gasteiger partial charge in [0.15, 0.2) is 0 Å². The second-order valence-electron chi connectivity index (χ2n) is 5.92. The molecule has 3 nitrogen and oxygen atoms in total. The predicted molar refractivity (Wildman–Crippen MR) is 68.8 cm³/mol. The van der Waals surface area contributed by atoms with E-state index in [1.807, 2.05) is 6.92 Å². The Morgan fingerprint density at radius 3 is 2.24 bits per heavy atom. The van der Waals surface area contributed by atoms with Crippen molar-refractivity contribution in [2.45, 2.75) is 70.0 Å². The van der Waals surface area contributed by atoms with Crippen LogP contribution in [0.4, 0.5) is 0 Å². The number of aliphatic hydroxyl groups is 1. The van der Waals surface area contributed by atoms with Gasteiger partial charge in [-0.15, -0.1) is 0 Å². The quantitative estimate of drug-likeness (QED) is 0.742. The second-order valence-corrected chi connectivity index (χ2v) is 5.92. The first-order valence-corrected chi connectivity index (χ1v) is 7.20. The van der Waals surface area contributed by atoms with Gasteiger partial charge in [0.05, 0.1) is 11.7 Å². The first kappa shape index (κ1) is 13.3.